The Hall–Kier alpha value is -3.95. The van der Waals surface area contributed by atoms with Gasteiger partial charge in [-0.25, -0.2) is 4.79 Å². The average Bonchev–Trinajstić information content (AvgIpc) is 3.25. The quantitative estimate of drug-likeness (QED) is 0.476. The molecule has 3 aromatic rings. The number of rotatable bonds is 8. The second kappa shape index (κ2) is 10.6. The predicted molar refractivity (Wildman–Crippen MR) is 142 cm³/mol. The fraction of sp³-hybridized carbons (Fsp3) is 0.444. The van der Waals surface area contributed by atoms with Crippen molar-refractivity contribution in [3.63, 3.8) is 0 Å². The van der Waals surface area contributed by atoms with Crippen molar-refractivity contribution in [2.24, 2.45) is 11.3 Å². The summed E-state index contributed by atoms with van der Waals surface area (Å²) in [5, 5.41) is 18.3. The van der Waals surface area contributed by atoms with E-state index in [4.69, 9.17) is 4.74 Å². The van der Waals surface area contributed by atoms with Crippen molar-refractivity contribution in [1.29, 1.82) is 0 Å². The van der Waals surface area contributed by atoms with Crippen LogP contribution in [0.5, 0.6) is 0 Å². The summed E-state index contributed by atoms with van der Waals surface area (Å²) < 4.78 is 7.20. The van der Waals surface area contributed by atoms with E-state index >= 15 is 0 Å². The van der Waals surface area contributed by atoms with Crippen LogP contribution in [0, 0.1) is 11.3 Å². The number of ether oxygens (including phenoxy) is 1. The van der Waals surface area contributed by atoms with Gasteiger partial charge in [0, 0.05) is 55.2 Å². The van der Waals surface area contributed by atoms with E-state index in [9.17, 15) is 9.59 Å². The van der Waals surface area contributed by atoms with Crippen molar-refractivity contribution < 1.29 is 14.3 Å². The molecule has 2 N–H and O–H groups in total. The molecular weight excluding hydrogens is 470 g/mol. The average molecular weight is 506 g/mol. The third-order valence-corrected chi connectivity index (χ3v) is 5.95. The summed E-state index contributed by atoms with van der Waals surface area (Å²) in [6.07, 6.45) is 5.02. The van der Waals surface area contributed by atoms with Crippen LogP contribution in [0.2, 0.25) is 0 Å². The summed E-state index contributed by atoms with van der Waals surface area (Å²) in [5.74, 6) is 0.718. The van der Waals surface area contributed by atoms with Gasteiger partial charge in [0.1, 0.15) is 5.60 Å². The molecular formula is C27H35N7O3. The van der Waals surface area contributed by atoms with Gasteiger partial charge in [-0.3, -0.25) is 9.48 Å². The zero-order chi connectivity index (χ0) is 26.6. The van der Waals surface area contributed by atoms with E-state index in [0.29, 0.717) is 26.2 Å². The maximum Gasteiger partial charge on any atom is 0.407 e. The van der Waals surface area contributed by atoms with E-state index in [1.807, 2.05) is 79.1 Å². The van der Waals surface area contributed by atoms with Crippen LogP contribution < -0.4 is 15.5 Å². The highest BCUT2D eigenvalue weighted by Crippen LogP contribution is 2.25. The van der Waals surface area contributed by atoms with Gasteiger partial charge < -0.3 is 20.3 Å². The molecule has 37 heavy (non-hydrogen) atoms. The van der Waals surface area contributed by atoms with Crippen molar-refractivity contribution in [2.75, 3.05) is 29.9 Å². The number of hydrogen-bond acceptors (Lipinski definition) is 7. The van der Waals surface area contributed by atoms with Crippen molar-refractivity contribution in [3.8, 4) is 11.1 Å². The summed E-state index contributed by atoms with van der Waals surface area (Å²) in [6, 6.07) is 11.5. The van der Waals surface area contributed by atoms with E-state index in [2.05, 4.69) is 39.8 Å². The minimum Gasteiger partial charge on any atom is -0.444 e. The Bertz CT molecular complexity index is 1210. The molecule has 1 saturated heterocycles. The molecule has 0 bridgehead atoms. The summed E-state index contributed by atoms with van der Waals surface area (Å²) in [6.45, 7) is 12.0. The summed E-state index contributed by atoms with van der Waals surface area (Å²) in [5.41, 5.74) is 1.99. The van der Waals surface area contributed by atoms with Crippen LogP contribution >= 0.6 is 0 Å². The molecule has 0 aliphatic carbocycles. The highest BCUT2D eigenvalue weighted by molar-refractivity contribution is 5.94. The Morgan fingerprint density at radius 1 is 1.05 bits per heavy atom. The number of alkyl carbamates (subject to hydrolysis) is 1. The van der Waals surface area contributed by atoms with Crippen molar-refractivity contribution in [2.45, 2.75) is 46.8 Å². The van der Waals surface area contributed by atoms with E-state index in [1.165, 1.54) is 0 Å². The first-order chi connectivity index (χ1) is 17.5. The Kier molecular flexibility index (Phi) is 7.47. The molecule has 0 saturated carbocycles. The third-order valence-electron chi connectivity index (χ3n) is 5.95. The normalized spacial score (nSPS) is 14.1. The van der Waals surface area contributed by atoms with Crippen LogP contribution in [0.25, 0.3) is 11.1 Å². The molecule has 10 nitrogen and oxygen atoms in total. The molecule has 2 amide bonds. The van der Waals surface area contributed by atoms with Crippen LogP contribution in [-0.2, 0) is 16.1 Å². The molecule has 1 fully saturated rings. The fourth-order valence-electron chi connectivity index (χ4n) is 4.00. The maximum absolute atomic E-state index is 12.6. The second-order valence-electron chi connectivity index (χ2n) is 11.2. The highest BCUT2D eigenvalue weighted by atomic mass is 16.6. The van der Waals surface area contributed by atoms with E-state index in [0.717, 1.165) is 22.6 Å². The number of amides is 2. The van der Waals surface area contributed by atoms with Crippen LogP contribution in [0.3, 0.4) is 0 Å². The number of nitrogens with zero attached hydrogens (tertiary/aromatic N) is 5. The zero-order valence-electron chi connectivity index (χ0n) is 22.1. The molecule has 10 heteroatoms. The summed E-state index contributed by atoms with van der Waals surface area (Å²) in [7, 11) is 0. The summed E-state index contributed by atoms with van der Waals surface area (Å²) in [4.78, 5) is 26.6. The molecule has 3 heterocycles. The Morgan fingerprint density at radius 2 is 1.78 bits per heavy atom. The first kappa shape index (κ1) is 26.1. The molecule has 0 radical (unpaired) electrons. The smallest absolute Gasteiger partial charge is 0.407 e. The van der Waals surface area contributed by atoms with Crippen molar-refractivity contribution in [3.05, 3.63) is 55.0 Å². The lowest BCUT2D eigenvalue weighted by atomic mass is 9.93. The number of nitrogens with one attached hydrogen (secondary N) is 2. The lowest BCUT2D eigenvalue weighted by Crippen LogP contribution is -2.52. The topological polar surface area (TPSA) is 114 Å². The van der Waals surface area contributed by atoms with E-state index in [1.54, 1.807) is 6.20 Å². The molecule has 1 aliphatic rings. The van der Waals surface area contributed by atoms with Gasteiger partial charge in [-0.2, -0.15) is 10.2 Å². The van der Waals surface area contributed by atoms with Gasteiger partial charge in [-0.05, 0) is 50.6 Å². The minimum atomic E-state index is -0.528. The number of aromatic nitrogens is 4. The van der Waals surface area contributed by atoms with Crippen molar-refractivity contribution >= 4 is 23.5 Å². The van der Waals surface area contributed by atoms with Crippen LogP contribution in [0.1, 0.15) is 34.6 Å². The van der Waals surface area contributed by atoms with Gasteiger partial charge in [0.15, 0.2) is 5.82 Å². The number of carbonyl (C=O) groups is 2. The monoisotopic (exact) mass is 505 g/mol. The molecule has 0 spiro atoms. The highest BCUT2D eigenvalue weighted by Gasteiger charge is 2.33. The fourth-order valence-corrected chi connectivity index (χ4v) is 4.00. The minimum absolute atomic E-state index is 0.00272. The van der Waals surface area contributed by atoms with Crippen molar-refractivity contribution in [1.82, 2.24) is 25.3 Å². The first-order valence-corrected chi connectivity index (χ1v) is 12.4. The van der Waals surface area contributed by atoms with Crippen LogP contribution in [0.4, 0.5) is 16.3 Å². The Morgan fingerprint density at radius 3 is 2.43 bits per heavy atom. The number of hydrogen-bond donors (Lipinski definition) is 2. The predicted octanol–water partition coefficient (Wildman–Crippen LogP) is 3.97. The molecule has 196 valence electrons. The maximum atomic E-state index is 12.6. The molecule has 4 rings (SSSR count). The number of anilines is 2. The van der Waals surface area contributed by atoms with E-state index < -0.39 is 11.7 Å². The molecule has 2 aromatic heterocycles. The molecule has 1 aromatic carbocycles. The number of benzene rings is 1. The molecule has 0 atom stereocenters. The Balaban J connectivity index is 1.26. The molecule has 1 aliphatic heterocycles. The SMILES string of the molecule is CC(C)(CNC(=O)OC(C)(C)C)Cn1cc(-c2ccc(NC(=O)C3CN(c4cccnn4)C3)cc2)cn1. The Labute approximate surface area is 217 Å². The van der Waals surface area contributed by atoms with E-state index in [-0.39, 0.29) is 17.2 Å². The second-order valence-corrected chi connectivity index (χ2v) is 11.2. The van der Waals surface area contributed by atoms with Gasteiger partial charge in [-0.1, -0.05) is 26.0 Å². The van der Waals surface area contributed by atoms with Gasteiger partial charge in [-0.15, -0.1) is 5.10 Å². The first-order valence-electron chi connectivity index (χ1n) is 12.4. The lowest BCUT2D eigenvalue weighted by Gasteiger charge is -2.38. The van der Waals surface area contributed by atoms with Crippen LogP contribution in [-0.4, -0.2) is 57.2 Å². The number of carbonyl (C=O) groups excluding carboxylic acids is 2. The zero-order valence-corrected chi connectivity index (χ0v) is 22.1. The standard InChI is InChI=1S/C27H35N7O3/c1-26(2,3)37-25(36)28-17-27(4,5)18-34-16-20(13-30-34)19-8-10-22(11-9-19)31-24(35)21-14-33(15-21)23-7-6-12-29-32-23/h6-13,16,21H,14-15,17-18H2,1-5H3,(H,28,36)(H,31,35). The lowest BCUT2D eigenvalue weighted by molar-refractivity contribution is -0.120. The third kappa shape index (κ3) is 7.28. The van der Waals surface area contributed by atoms with Crippen LogP contribution in [0.15, 0.2) is 55.0 Å². The van der Waals surface area contributed by atoms with Gasteiger partial charge in [0.2, 0.25) is 5.91 Å². The largest absolute Gasteiger partial charge is 0.444 e. The van der Waals surface area contributed by atoms with Gasteiger partial charge in [0.05, 0.1) is 12.1 Å². The summed E-state index contributed by atoms with van der Waals surface area (Å²) >= 11 is 0. The van der Waals surface area contributed by atoms with Gasteiger partial charge >= 0.3 is 6.09 Å². The van der Waals surface area contributed by atoms with Gasteiger partial charge in [0.25, 0.3) is 0 Å². The molecule has 0 unspecified atom stereocenters.